The molecule has 1 aliphatic heterocycles. The normalized spacial score (nSPS) is 15.6. The molecular formula is C17H13N3O5S. The van der Waals surface area contributed by atoms with Crippen LogP contribution in [0.4, 0.5) is 5.69 Å². The lowest BCUT2D eigenvalue weighted by atomic mass is 10.2. The molecule has 0 fully saturated rings. The van der Waals surface area contributed by atoms with Crippen LogP contribution in [0.25, 0.3) is 0 Å². The third kappa shape index (κ3) is 3.47. The molecule has 4 rings (SSSR count). The van der Waals surface area contributed by atoms with E-state index in [2.05, 4.69) is 10.2 Å². The largest absolute Gasteiger partial charge is 0.485 e. The van der Waals surface area contributed by atoms with Gasteiger partial charge in [0.1, 0.15) is 6.61 Å². The van der Waals surface area contributed by atoms with E-state index in [1.54, 1.807) is 12.1 Å². The van der Waals surface area contributed by atoms with Gasteiger partial charge < -0.3 is 13.9 Å². The monoisotopic (exact) mass is 371 g/mol. The van der Waals surface area contributed by atoms with Gasteiger partial charge in [-0.2, -0.15) is 0 Å². The van der Waals surface area contributed by atoms with Crippen molar-refractivity contribution < 1.29 is 18.8 Å². The number of para-hydroxylation sites is 2. The number of nitro benzene ring substituents is 1. The van der Waals surface area contributed by atoms with Crippen molar-refractivity contribution in [3.05, 3.63) is 70.1 Å². The summed E-state index contributed by atoms with van der Waals surface area (Å²) >= 11 is 1.35. The minimum atomic E-state index is -0.453. The maximum Gasteiger partial charge on any atom is 0.277 e. The SMILES string of the molecule is O=[N+]([O-])c1ccc(CSc2nnc([C@@H]3COc4ccccc4O3)o2)cc1. The van der Waals surface area contributed by atoms with Crippen molar-refractivity contribution in [1.82, 2.24) is 10.2 Å². The molecule has 1 aromatic heterocycles. The van der Waals surface area contributed by atoms with Gasteiger partial charge in [-0.3, -0.25) is 10.1 Å². The second-order valence-corrected chi connectivity index (χ2v) is 6.41. The van der Waals surface area contributed by atoms with E-state index in [9.17, 15) is 10.1 Å². The fourth-order valence-electron chi connectivity index (χ4n) is 2.41. The van der Waals surface area contributed by atoms with E-state index < -0.39 is 11.0 Å². The highest BCUT2D eigenvalue weighted by Gasteiger charge is 2.27. The topological polar surface area (TPSA) is 101 Å². The fourth-order valence-corrected chi connectivity index (χ4v) is 3.13. The predicted molar refractivity (Wildman–Crippen MR) is 92.3 cm³/mol. The Morgan fingerprint density at radius 1 is 1.12 bits per heavy atom. The highest BCUT2D eigenvalue weighted by Crippen LogP contribution is 2.36. The van der Waals surface area contributed by atoms with Crippen molar-refractivity contribution in [2.75, 3.05) is 6.61 Å². The Kier molecular flexibility index (Phi) is 4.44. The molecule has 0 amide bonds. The van der Waals surface area contributed by atoms with Crippen molar-refractivity contribution in [2.24, 2.45) is 0 Å². The highest BCUT2D eigenvalue weighted by atomic mass is 32.2. The van der Waals surface area contributed by atoms with Crippen LogP contribution in [0.2, 0.25) is 0 Å². The van der Waals surface area contributed by atoms with Crippen LogP contribution in [0, 0.1) is 10.1 Å². The van der Waals surface area contributed by atoms with Crippen LogP contribution in [0.5, 0.6) is 11.5 Å². The standard InChI is InChI=1S/C17H13N3O5S/c21-20(22)12-7-5-11(6-8-12)10-26-17-19-18-16(25-17)15-9-23-13-3-1-2-4-14(13)24-15/h1-8,15H,9-10H2/t15-/m0/s1. The molecule has 0 spiro atoms. The Morgan fingerprint density at radius 3 is 2.65 bits per heavy atom. The van der Waals surface area contributed by atoms with Crippen molar-refractivity contribution in [1.29, 1.82) is 0 Å². The summed E-state index contributed by atoms with van der Waals surface area (Å²) in [6, 6.07) is 13.8. The van der Waals surface area contributed by atoms with Crippen molar-refractivity contribution >= 4 is 17.4 Å². The van der Waals surface area contributed by atoms with Gasteiger partial charge in [-0.05, 0) is 17.7 Å². The van der Waals surface area contributed by atoms with Crippen LogP contribution >= 0.6 is 11.8 Å². The zero-order chi connectivity index (χ0) is 17.9. The van der Waals surface area contributed by atoms with E-state index in [-0.39, 0.29) is 5.69 Å². The molecule has 0 aliphatic carbocycles. The number of nitrogens with zero attached hydrogens (tertiary/aromatic N) is 3. The van der Waals surface area contributed by atoms with Gasteiger partial charge in [0.25, 0.3) is 16.8 Å². The summed E-state index contributed by atoms with van der Waals surface area (Å²) in [6.45, 7) is 0.297. The van der Waals surface area contributed by atoms with Crippen molar-refractivity contribution in [2.45, 2.75) is 17.1 Å². The Bertz CT molecular complexity index is 928. The number of hydrogen-bond acceptors (Lipinski definition) is 8. The molecule has 3 aromatic rings. The minimum absolute atomic E-state index is 0.0635. The van der Waals surface area contributed by atoms with E-state index in [0.717, 1.165) is 5.56 Å². The molecule has 132 valence electrons. The summed E-state index contributed by atoms with van der Waals surface area (Å²) in [5.41, 5.74) is 0.986. The number of aromatic nitrogens is 2. The lowest BCUT2D eigenvalue weighted by molar-refractivity contribution is -0.384. The number of thioether (sulfide) groups is 1. The van der Waals surface area contributed by atoms with Gasteiger partial charge in [-0.1, -0.05) is 36.0 Å². The molecule has 1 atom stereocenters. The molecule has 1 aliphatic rings. The third-order valence-corrected chi connectivity index (χ3v) is 4.61. The first kappa shape index (κ1) is 16.4. The third-order valence-electron chi connectivity index (χ3n) is 3.72. The number of rotatable bonds is 5. The van der Waals surface area contributed by atoms with Crippen LogP contribution in [0.3, 0.4) is 0 Å². The zero-order valence-corrected chi connectivity index (χ0v) is 14.2. The van der Waals surface area contributed by atoms with E-state index >= 15 is 0 Å². The Labute approximate surface area is 152 Å². The van der Waals surface area contributed by atoms with Crippen LogP contribution in [0.15, 0.2) is 58.2 Å². The average Bonchev–Trinajstić information content (AvgIpc) is 3.15. The Morgan fingerprint density at radius 2 is 1.88 bits per heavy atom. The molecule has 2 heterocycles. The first-order valence-corrected chi connectivity index (χ1v) is 8.75. The molecule has 0 unspecified atom stereocenters. The number of non-ortho nitro benzene ring substituents is 1. The number of hydrogen-bond donors (Lipinski definition) is 0. The van der Waals surface area contributed by atoms with Gasteiger partial charge in [0, 0.05) is 17.9 Å². The van der Waals surface area contributed by atoms with E-state index in [1.807, 2.05) is 24.3 Å². The zero-order valence-electron chi connectivity index (χ0n) is 13.4. The number of fused-ring (bicyclic) bond motifs is 1. The van der Waals surface area contributed by atoms with Gasteiger partial charge in [-0.25, -0.2) is 0 Å². The average molecular weight is 371 g/mol. The number of nitro groups is 1. The van der Waals surface area contributed by atoms with Gasteiger partial charge in [-0.15, -0.1) is 10.2 Å². The molecule has 26 heavy (non-hydrogen) atoms. The molecule has 9 heteroatoms. The quantitative estimate of drug-likeness (QED) is 0.379. The van der Waals surface area contributed by atoms with Crippen LogP contribution in [-0.4, -0.2) is 21.7 Å². The maximum atomic E-state index is 10.7. The lowest BCUT2D eigenvalue weighted by Gasteiger charge is -2.23. The highest BCUT2D eigenvalue weighted by molar-refractivity contribution is 7.98. The van der Waals surface area contributed by atoms with Crippen LogP contribution < -0.4 is 9.47 Å². The van der Waals surface area contributed by atoms with Gasteiger partial charge in [0.2, 0.25) is 6.10 Å². The van der Waals surface area contributed by atoms with Crippen molar-refractivity contribution in [3.63, 3.8) is 0 Å². The summed E-state index contributed by atoms with van der Waals surface area (Å²) < 4.78 is 17.1. The lowest BCUT2D eigenvalue weighted by Crippen LogP contribution is -2.21. The number of benzene rings is 2. The summed E-state index contributed by atoms with van der Waals surface area (Å²) in [6.07, 6.45) is -0.453. The van der Waals surface area contributed by atoms with Crippen LogP contribution in [0.1, 0.15) is 17.6 Å². The second-order valence-electron chi connectivity index (χ2n) is 5.48. The van der Waals surface area contributed by atoms with Gasteiger partial charge >= 0.3 is 0 Å². The summed E-state index contributed by atoms with van der Waals surface area (Å²) in [7, 11) is 0. The van der Waals surface area contributed by atoms with Gasteiger partial charge in [0.05, 0.1) is 4.92 Å². The van der Waals surface area contributed by atoms with E-state index in [1.165, 1.54) is 23.9 Å². The first-order valence-electron chi connectivity index (χ1n) is 7.77. The molecule has 0 saturated carbocycles. The molecular weight excluding hydrogens is 358 g/mol. The van der Waals surface area contributed by atoms with E-state index in [4.69, 9.17) is 13.9 Å². The molecule has 0 radical (unpaired) electrons. The molecule has 8 nitrogen and oxygen atoms in total. The Hall–Kier alpha value is -3.07. The summed E-state index contributed by atoms with van der Waals surface area (Å²) in [5.74, 6) is 2.24. The first-order chi connectivity index (χ1) is 12.7. The van der Waals surface area contributed by atoms with Gasteiger partial charge in [0.15, 0.2) is 11.5 Å². The Balaban J connectivity index is 1.38. The molecule has 2 aromatic carbocycles. The summed E-state index contributed by atoms with van der Waals surface area (Å²) in [4.78, 5) is 10.2. The van der Waals surface area contributed by atoms with Crippen LogP contribution in [-0.2, 0) is 5.75 Å². The summed E-state index contributed by atoms with van der Waals surface area (Å²) in [5, 5.41) is 19.1. The smallest absolute Gasteiger partial charge is 0.277 e. The van der Waals surface area contributed by atoms with Crippen molar-refractivity contribution in [3.8, 4) is 11.5 Å². The minimum Gasteiger partial charge on any atom is -0.485 e. The predicted octanol–water partition coefficient (Wildman–Crippen LogP) is 3.78. The maximum absolute atomic E-state index is 10.7. The molecule has 0 N–H and O–H groups in total. The fraction of sp³-hybridized carbons (Fsp3) is 0.176. The molecule has 0 bridgehead atoms. The van der Waals surface area contributed by atoms with E-state index in [0.29, 0.717) is 35.0 Å². The number of ether oxygens (including phenoxy) is 2. The molecule has 0 saturated heterocycles. The second kappa shape index (κ2) is 7.04.